The molecule has 7 nitrogen and oxygen atoms in total. The van der Waals surface area contributed by atoms with Gasteiger partial charge in [0.05, 0.1) is 13.3 Å². The predicted molar refractivity (Wildman–Crippen MR) is 83.5 cm³/mol. The Hall–Kier alpha value is -1.49. The van der Waals surface area contributed by atoms with Crippen LogP contribution in [0.5, 0.6) is 0 Å². The van der Waals surface area contributed by atoms with Crippen molar-refractivity contribution in [2.45, 2.75) is 23.3 Å². The minimum Gasteiger partial charge on any atom is -0.306 e. The fraction of sp³-hybridized carbons (Fsp3) is 0.429. The summed E-state index contributed by atoms with van der Waals surface area (Å²) in [5, 5.41) is -2.66. The van der Waals surface area contributed by atoms with Gasteiger partial charge in [0.25, 0.3) is 10.1 Å². The van der Waals surface area contributed by atoms with Gasteiger partial charge in [-0.15, -0.1) is 0 Å². The number of Topliss-reactive ketones (excluding diaryl/α,β-unsaturated/α-hetero) is 2. The number of ketones is 2. The Bertz CT molecular complexity index is 758. The molecule has 1 aromatic carbocycles. The molecule has 0 spiro atoms. The Labute approximate surface area is 140 Å². The molecule has 132 valence electrons. The topological polar surface area (TPSA) is 115 Å². The second-order valence-corrected chi connectivity index (χ2v) is 8.05. The van der Waals surface area contributed by atoms with E-state index in [1.165, 1.54) is 24.3 Å². The lowest BCUT2D eigenvalue weighted by Crippen LogP contribution is -2.27. The molecule has 0 amide bonds. The summed E-state index contributed by atoms with van der Waals surface area (Å²) in [5.74, 6) is -1.36. The molecule has 0 radical (unpaired) electrons. The number of alkyl halides is 1. The summed E-state index contributed by atoms with van der Waals surface area (Å²) in [6.45, 7) is -0.971. The third kappa shape index (κ3) is 3.94. The van der Waals surface area contributed by atoms with E-state index in [1.54, 1.807) is 0 Å². The van der Waals surface area contributed by atoms with Crippen LogP contribution in [0.3, 0.4) is 0 Å². The van der Waals surface area contributed by atoms with Crippen molar-refractivity contribution in [2.75, 3.05) is 13.3 Å². The van der Waals surface area contributed by atoms with Crippen molar-refractivity contribution in [1.82, 2.24) is 0 Å². The largest absolute Gasteiger partial charge is 0.306 e. The van der Waals surface area contributed by atoms with Gasteiger partial charge in [-0.3, -0.25) is 18.2 Å². The summed E-state index contributed by atoms with van der Waals surface area (Å²) in [6.07, 6.45) is -0.329. The van der Waals surface area contributed by atoms with Gasteiger partial charge < -0.3 is 4.55 Å². The van der Waals surface area contributed by atoms with Crippen LogP contribution in [0.4, 0.5) is 4.39 Å². The summed E-state index contributed by atoms with van der Waals surface area (Å²) >= 11 is -2.51. The lowest BCUT2D eigenvalue weighted by molar-refractivity contribution is 0.0971. The lowest BCUT2D eigenvalue weighted by Gasteiger charge is -2.11. The minimum absolute atomic E-state index is 0.0397. The average Bonchev–Trinajstić information content (AvgIpc) is 2.90. The second-order valence-electron chi connectivity index (χ2n) is 5.14. The first-order valence-electron chi connectivity index (χ1n) is 7.00. The van der Waals surface area contributed by atoms with E-state index >= 15 is 0 Å². The minimum atomic E-state index is -3.92. The molecule has 1 N–H and O–H groups in total. The summed E-state index contributed by atoms with van der Waals surface area (Å²) in [7, 11) is -3.92. The van der Waals surface area contributed by atoms with Crippen LogP contribution in [0.1, 0.15) is 33.6 Å². The Kier molecular flexibility index (Phi) is 5.97. The molecule has 10 heteroatoms. The highest BCUT2D eigenvalue weighted by atomic mass is 32.2. The predicted octanol–water partition coefficient (Wildman–Crippen LogP) is 1.12. The Morgan fingerprint density at radius 2 is 1.88 bits per heavy atom. The van der Waals surface area contributed by atoms with Crippen molar-refractivity contribution in [3.05, 3.63) is 35.4 Å². The first-order valence-corrected chi connectivity index (χ1v) is 9.64. The average molecular weight is 378 g/mol. The first-order chi connectivity index (χ1) is 11.3. The Morgan fingerprint density at radius 1 is 1.29 bits per heavy atom. The monoisotopic (exact) mass is 378 g/mol. The molecule has 1 saturated heterocycles. The Morgan fingerprint density at radius 3 is 2.33 bits per heavy atom. The maximum atomic E-state index is 12.4. The molecular formula is C14H15FO7S2. The molecule has 0 saturated carbocycles. The highest BCUT2D eigenvalue weighted by Gasteiger charge is 2.39. The van der Waals surface area contributed by atoms with Crippen LogP contribution in [0.15, 0.2) is 24.3 Å². The van der Waals surface area contributed by atoms with Gasteiger partial charge in [-0.05, 0) is 12.8 Å². The zero-order valence-corrected chi connectivity index (χ0v) is 14.0. The maximum Gasteiger partial charge on any atom is 0.277 e. The first kappa shape index (κ1) is 18.8. The standard InChI is InChI=1S/C14H15FO7S2/c15-7-5-11(23(18)19)13(16)9-1-3-10(4-2-9)14(17)12-6-8-22-24(12,20)21/h1-4,11-12H,5-8H2,(H,18,19). The molecule has 1 aliphatic heterocycles. The number of carbonyl (C=O) groups is 2. The van der Waals surface area contributed by atoms with Crippen LogP contribution >= 0.6 is 0 Å². The van der Waals surface area contributed by atoms with Gasteiger partial charge in [-0.2, -0.15) is 8.42 Å². The van der Waals surface area contributed by atoms with Crippen molar-refractivity contribution < 1.29 is 35.3 Å². The highest BCUT2D eigenvalue weighted by Crippen LogP contribution is 2.22. The molecule has 0 aliphatic carbocycles. The van der Waals surface area contributed by atoms with Crippen molar-refractivity contribution in [1.29, 1.82) is 0 Å². The third-order valence-corrected chi connectivity index (χ3v) is 6.21. The number of rotatable bonds is 7. The Balaban J connectivity index is 2.20. The molecule has 3 atom stereocenters. The molecular weight excluding hydrogens is 363 g/mol. The third-order valence-electron chi connectivity index (χ3n) is 3.63. The SMILES string of the molecule is O=C(c1ccc(C(=O)C2CCOS2(=O)=O)cc1)C(CCF)S(=O)O. The van der Waals surface area contributed by atoms with Gasteiger partial charge >= 0.3 is 0 Å². The maximum absolute atomic E-state index is 12.4. The van der Waals surface area contributed by atoms with E-state index in [4.69, 9.17) is 4.55 Å². The van der Waals surface area contributed by atoms with Gasteiger partial charge in [0.2, 0.25) is 0 Å². The van der Waals surface area contributed by atoms with E-state index in [-0.39, 0.29) is 30.6 Å². The summed E-state index contributed by atoms with van der Waals surface area (Å²) < 4.78 is 60.3. The molecule has 1 aliphatic rings. The summed E-state index contributed by atoms with van der Waals surface area (Å²) in [6, 6.07) is 5.01. The van der Waals surface area contributed by atoms with Crippen LogP contribution in [0.2, 0.25) is 0 Å². The second kappa shape index (κ2) is 7.60. The van der Waals surface area contributed by atoms with Crippen molar-refractivity contribution in [2.24, 2.45) is 0 Å². The zero-order valence-electron chi connectivity index (χ0n) is 12.4. The zero-order chi connectivity index (χ0) is 17.9. The molecule has 3 unspecified atom stereocenters. The van der Waals surface area contributed by atoms with Crippen LogP contribution in [0, 0.1) is 0 Å². The quantitative estimate of drug-likeness (QED) is 0.429. The fourth-order valence-electron chi connectivity index (χ4n) is 2.35. The smallest absolute Gasteiger partial charge is 0.277 e. The van der Waals surface area contributed by atoms with Gasteiger partial charge in [-0.1, -0.05) is 24.3 Å². The number of halogens is 1. The number of hydrogen-bond donors (Lipinski definition) is 1. The van der Waals surface area contributed by atoms with Crippen molar-refractivity contribution >= 4 is 32.8 Å². The molecule has 1 aromatic rings. The summed E-state index contributed by atoms with van der Waals surface area (Å²) in [5.41, 5.74) is 0.121. The van der Waals surface area contributed by atoms with E-state index < -0.39 is 49.9 Å². The number of carbonyl (C=O) groups excluding carboxylic acids is 2. The van der Waals surface area contributed by atoms with Crippen LogP contribution in [-0.2, 0) is 25.4 Å². The molecule has 2 rings (SSSR count). The summed E-state index contributed by atoms with van der Waals surface area (Å²) in [4.78, 5) is 24.3. The van der Waals surface area contributed by atoms with Gasteiger partial charge in [0.15, 0.2) is 27.9 Å². The molecule has 1 heterocycles. The molecule has 24 heavy (non-hydrogen) atoms. The van der Waals surface area contributed by atoms with E-state index in [2.05, 4.69) is 4.18 Å². The van der Waals surface area contributed by atoms with Gasteiger partial charge in [0, 0.05) is 11.1 Å². The van der Waals surface area contributed by atoms with E-state index in [9.17, 15) is 26.6 Å². The highest BCUT2D eigenvalue weighted by molar-refractivity contribution is 7.88. The van der Waals surface area contributed by atoms with Crippen LogP contribution in [-0.4, -0.2) is 52.5 Å². The van der Waals surface area contributed by atoms with Crippen LogP contribution in [0.25, 0.3) is 0 Å². The molecule has 0 bridgehead atoms. The van der Waals surface area contributed by atoms with E-state index in [0.29, 0.717) is 0 Å². The lowest BCUT2D eigenvalue weighted by atomic mass is 10.0. The number of hydrogen-bond acceptors (Lipinski definition) is 6. The number of benzene rings is 1. The van der Waals surface area contributed by atoms with E-state index in [1.807, 2.05) is 0 Å². The van der Waals surface area contributed by atoms with Crippen LogP contribution < -0.4 is 0 Å². The van der Waals surface area contributed by atoms with Gasteiger partial charge in [-0.25, -0.2) is 4.21 Å². The van der Waals surface area contributed by atoms with Crippen molar-refractivity contribution in [3.63, 3.8) is 0 Å². The van der Waals surface area contributed by atoms with Crippen molar-refractivity contribution in [3.8, 4) is 0 Å². The fourth-order valence-corrected chi connectivity index (χ4v) is 4.24. The molecule has 0 aromatic heterocycles. The normalized spacial score (nSPS) is 22.0. The molecule has 1 fully saturated rings. The van der Waals surface area contributed by atoms with Gasteiger partial charge in [0.1, 0.15) is 5.25 Å². The van der Waals surface area contributed by atoms with E-state index in [0.717, 1.165) is 0 Å².